The molecule has 0 amide bonds. The van der Waals surface area contributed by atoms with Crippen LogP contribution >= 0.6 is 0 Å². The molecule has 2 fully saturated rings. The van der Waals surface area contributed by atoms with Gasteiger partial charge in [-0.1, -0.05) is 0 Å². The number of hydrogen-bond donors (Lipinski definition) is 1. The van der Waals surface area contributed by atoms with E-state index in [2.05, 4.69) is 24.1 Å². The maximum absolute atomic E-state index is 5.85. The molecule has 76 valence electrons. The molecule has 2 rings (SSSR count). The van der Waals surface area contributed by atoms with Crippen molar-refractivity contribution in [2.45, 2.75) is 38.5 Å². The Balaban J connectivity index is 1.98. The average Bonchev–Trinajstić information content (AvgIpc) is 2.24. The van der Waals surface area contributed by atoms with Gasteiger partial charge in [0.15, 0.2) is 0 Å². The smallest absolute Gasteiger partial charge is 0.133 e. The lowest BCUT2D eigenvalue weighted by atomic mass is 10.0. The zero-order valence-electron chi connectivity index (χ0n) is 8.68. The molecule has 1 N–H and O–H groups in total. The van der Waals surface area contributed by atoms with E-state index in [1.165, 1.54) is 19.4 Å². The Kier molecular flexibility index (Phi) is 2.58. The fraction of sp³-hybridized carbons (Fsp3) is 1.00. The minimum absolute atomic E-state index is 0.0147. The van der Waals surface area contributed by atoms with E-state index in [-0.39, 0.29) is 5.72 Å². The first-order chi connectivity index (χ1) is 6.22. The zero-order chi connectivity index (χ0) is 9.31. The third-order valence-electron chi connectivity index (χ3n) is 3.13. The SMILES string of the molecule is CC(C)N1CCCO[C@@]2(CCN2)C1. The summed E-state index contributed by atoms with van der Waals surface area (Å²) in [4.78, 5) is 2.51. The Bertz CT molecular complexity index is 178. The monoisotopic (exact) mass is 184 g/mol. The summed E-state index contributed by atoms with van der Waals surface area (Å²) in [7, 11) is 0. The fourth-order valence-electron chi connectivity index (χ4n) is 2.09. The molecule has 2 aliphatic heterocycles. The number of rotatable bonds is 1. The van der Waals surface area contributed by atoms with Crippen LogP contribution in [0.2, 0.25) is 0 Å². The van der Waals surface area contributed by atoms with Crippen LogP contribution in [0.3, 0.4) is 0 Å². The highest BCUT2D eigenvalue weighted by molar-refractivity contribution is 4.92. The molecule has 2 saturated heterocycles. The highest BCUT2D eigenvalue weighted by Gasteiger charge is 2.40. The molecule has 2 aliphatic rings. The van der Waals surface area contributed by atoms with Crippen molar-refractivity contribution in [3.63, 3.8) is 0 Å². The predicted molar refractivity (Wildman–Crippen MR) is 52.6 cm³/mol. The third-order valence-corrected chi connectivity index (χ3v) is 3.13. The molecule has 0 aromatic rings. The van der Waals surface area contributed by atoms with Gasteiger partial charge in [-0.05, 0) is 20.3 Å². The molecule has 1 spiro atoms. The van der Waals surface area contributed by atoms with Crippen LogP contribution in [0, 0.1) is 0 Å². The summed E-state index contributed by atoms with van der Waals surface area (Å²) < 4.78 is 5.85. The van der Waals surface area contributed by atoms with Gasteiger partial charge >= 0.3 is 0 Å². The molecule has 0 saturated carbocycles. The topological polar surface area (TPSA) is 24.5 Å². The van der Waals surface area contributed by atoms with Gasteiger partial charge in [-0.25, -0.2) is 0 Å². The van der Waals surface area contributed by atoms with E-state index in [1.807, 2.05) is 0 Å². The van der Waals surface area contributed by atoms with Gasteiger partial charge in [-0.3, -0.25) is 10.2 Å². The molecular formula is C10H20N2O. The Morgan fingerprint density at radius 3 is 2.77 bits per heavy atom. The number of nitrogens with one attached hydrogen (secondary N) is 1. The maximum atomic E-state index is 5.85. The summed E-state index contributed by atoms with van der Waals surface area (Å²) in [5.74, 6) is 0. The molecule has 0 aromatic heterocycles. The van der Waals surface area contributed by atoms with E-state index in [1.54, 1.807) is 0 Å². The van der Waals surface area contributed by atoms with Gasteiger partial charge in [0.25, 0.3) is 0 Å². The molecule has 13 heavy (non-hydrogen) atoms. The minimum Gasteiger partial charge on any atom is -0.359 e. The summed E-state index contributed by atoms with van der Waals surface area (Å²) >= 11 is 0. The molecule has 0 bridgehead atoms. The lowest BCUT2D eigenvalue weighted by molar-refractivity contribution is -0.119. The maximum Gasteiger partial charge on any atom is 0.133 e. The van der Waals surface area contributed by atoms with Crippen molar-refractivity contribution in [1.82, 2.24) is 10.2 Å². The van der Waals surface area contributed by atoms with Gasteiger partial charge in [0, 0.05) is 32.1 Å². The number of nitrogens with zero attached hydrogens (tertiary/aromatic N) is 1. The van der Waals surface area contributed by atoms with Crippen LogP contribution in [-0.4, -0.2) is 42.9 Å². The van der Waals surface area contributed by atoms with Crippen molar-refractivity contribution in [3.05, 3.63) is 0 Å². The second kappa shape index (κ2) is 3.56. The lowest BCUT2D eigenvalue weighted by Crippen LogP contribution is -2.64. The summed E-state index contributed by atoms with van der Waals surface area (Å²) in [6.45, 7) is 8.79. The van der Waals surface area contributed by atoms with Crippen LogP contribution in [0.5, 0.6) is 0 Å². The zero-order valence-corrected chi connectivity index (χ0v) is 8.68. The van der Waals surface area contributed by atoms with Gasteiger partial charge in [-0.2, -0.15) is 0 Å². The van der Waals surface area contributed by atoms with Crippen molar-refractivity contribution in [2.24, 2.45) is 0 Å². The Morgan fingerprint density at radius 1 is 1.46 bits per heavy atom. The normalized spacial score (nSPS) is 36.2. The van der Waals surface area contributed by atoms with Gasteiger partial charge in [0.2, 0.25) is 0 Å². The van der Waals surface area contributed by atoms with Crippen LogP contribution in [-0.2, 0) is 4.74 Å². The first-order valence-corrected chi connectivity index (χ1v) is 5.35. The number of hydrogen-bond acceptors (Lipinski definition) is 3. The van der Waals surface area contributed by atoms with E-state index < -0.39 is 0 Å². The molecule has 3 heteroatoms. The molecule has 2 heterocycles. The van der Waals surface area contributed by atoms with Crippen molar-refractivity contribution in [2.75, 3.05) is 26.2 Å². The van der Waals surface area contributed by atoms with Crippen LogP contribution in [0.1, 0.15) is 26.7 Å². The van der Waals surface area contributed by atoms with E-state index in [0.29, 0.717) is 6.04 Å². The molecular weight excluding hydrogens is 164 g/mol. The van der Waals surface area contributed by atoms with E-state index >= 15 is 0 Å². The van der Waals surface area contributed by atoms with Gasteiger partial charge in [0.1, 0.15) is 5.72 Å². The summed E-state index contributed by atoms with van der Waals surface area (Å²) in [6.07, 6.45) is 2.35. The first kappa shape index (κ1) is 9.44. The van der Waals surface area contributed by atoms with Crippen LogP contribution in [0.4, 0.5) is 0 Å². The van der Waals surface area contributed by atoms with Crippen molar-refractivity contribution in [1.29, 1.82) is 0 Å². The van der Waals surface area contributed by atoms with E-state index in [0.717, 1.165) is 19.7 Å². The first-order valence-electron chi connectivity index (χ1n) is 5.35. The molecule has 1 atom stereocenters. The predicted octanol–water partition coefficient (Wildman–Crippen LogP) is 0.807. The molecule has 0 aromatic carbocycles. The molecule has 0 unspecified atom stereocenters. The van der Waals surface area contributed by atoms with Crippen LogP contribution in [0.15, 0.2) is 0 Å². The van der Waals surface area contributed by atoms with Gasteiger partial charge < -0.3 is 4.74 Å². The highest BCUT2D eigenvalue weighted by Crippen LogP contribution is 2.25. The van der Waals surface area contributed by atoms with Gasteiger partial charge in [-0.15, -0.1) is 0 Å². The van der Waals surface area contributed by atoms with Gasteiger partial charge in [0.05, 0.1) is 6.61 Å². The summed E-state index contributed by atoms with van der Waals surface area (Å²) in [5.41, 5.74) is 0.0147. The largest absolute Gasteiger partial charge is 0.359 e. The summed E-state index contributed by atoms with van der Waals surface area (Å²) in [5, 5.41) is 3.42. The molecule has 0 aliphatic carbocycles. The Morgan fingerprint density at radius 2 is 2.23 bits per heavy atom. The lowest BCUT2D eigenvalue weighted by Gasteiger charge is -2.44. The van der Waals surface area contributed by atoms with Crippen molar-refractivity contribution >= 4 is 0 Å². The Labute approximate surface area is 80.4 Å². The Hall–Kier alpha value is -0.120. The van der Waals surface area contributed by atoms with Crippen LogP contribution < -0.4 is 5.32 Å². The molecule has 3 nitrogen and oxygen atoms in total. The minimum atomic E-state index is 0.0147. The highest BCUT2D eigenvalue weighted by atomic mass is 16.5. The molecule has 0 radical (unpaired) electrons. The van der Waals surface area contributed by atoms with E-state index in [4.69, 9.17) is 4.74 Å². The second-order valence-electron chi connectivity index (χ2n) is 4.44. The van der Waals surface area contributed by atoms with E-state index in [9.17, 15) is 0 Å². The quantitative estimate of drug-likeness (QED) is 0.652. The second-order valence-corrected chi connectivity index (χ2v) is 4.44. The fourth-order valence-corrected chi connectivity index (χ4v) is 2.09. The van der Waals surface area contributed by atoms with Crippen LogP contribution in [0.25, 0.3) is 0 Å². The summed E-state index contributed by atoms with van der Waals surface area (Å²) in [6, 6.07) is 0.640. The third kappa shape index (κ3) is 1.87. The number of ether oxygens (including phenoxy) is 1. The van der Waals surface area contributed by atoms with Crippen molar-refractivity contribution in [3.8, 4) is 0 Å². The average molecular weight is 184 g/mol. The van der Waals surface area contributed by atoms with Crippen molar-refractivity contribution < 1.29 is 4.74 Å². The standard InChI is InChI=1S/C10H20N2O/c1-9(2)12-6-3-7-13-10(8-12)4-5-11-10/h9,11H,3-8H2,1-2H3/t10-/m0/s1.